The Morgan fingerprint density at radius 1 is 1.35 bits per heavy atom. The fourth-order valence-electron chi connectivity index (χ4n) is 2.21. The van der Waals surface area contributed by atoms with Crippen LogP contribution < -0.4 is 0 Å². The average Bonchev–Trinajstić information content (AvgIpc) is 2.13. The van der Waals surface area contributed by atoms with Gasteiger partial charge in [0.05, 0.1) is 17.8 Å². The zero-order chi connectivity index (χ0) is 13.3. The molecule has 0 aromatic carbocycles. The third-order valence-electron chi connectivity index (χ3n) is 3.13. The monoisotopic (exact) mass is 262 g/mol. The smallest absolute Gasteiger partial charge is 0.237 e. The van der Waals surface area contributed by atoms with Gasteiger partial charge in [-0.3, -0.25) is 9.69 Å². The number of amides is 1. The first-order valence-corrected chi connectivity index (χ1v) is 7.92. The molecule has 0 aromatic rings. The molecule has 1 fully saturated rings. The van der Waals surface area contributed by atoms with Gasteiger partial charge in [0, 0.05) is 19.3 Å². The van der Waals surface area contributed by atoms with Crippen LogP contribution >= 0.6 is 0 Å². The molecule has 0 unspecified atom stereocenters. The van der Waals surface area contributed by atoms with Crippen molar-refractivity contribution in [3.05, 3.63) is 0 Å². The van der Waals surface area contributed by atoms with Crippen molar-refractivity contribution in [1.82, 2.24) is 9.80 Å². The van der Waals surface area contributed by atoms with Gasteiger partial charge in [0.2, 0.25) is 5.91 Å². The summed E-state index contributed by atoms with van der Waals surface area (Å²) >= 11 is 0. The van der Waals surface area contributed by atoms with E-state index in [2.05, 4.69) is 4.90 Å². The van der Waals surface area contributed by atoms with Crippen LogP contribution in [0.3, 0.4) is 0 Å². The van der Waals surface area contributed by atoms with E-state index in [0.717, 1.165) is 13.1 Å². The predicted molar refractivity (Wildman–Crippen MR) is 67.6 cm³/mol. The number of sulfone groups is 1. The summed E-state index contributed by atoms with van der Waals surface area (Å²) < 4.78 is 22.3. The second-order valence-corrected chi connectivity index (χ2v) is 7.55. The van der Waals surface area contributed by atoms with Gasteiger partial charge >= 0.3 is 0 Å². The molecule has 17 heavy (non-hydrogen) atoms. The van der Waals surface area contributed by atoms with Gasteiger partial charge in [-0.15, -0.1) is 0 Å². The van der Waals surface area contributed by atoms with Gasteiger partial charge in [0.1, 0.15) is 9.84 Å². The lowest BCUT2D eigenvalue weighted by molar-refractivity contribution is -0.144. The quantitative estimate of drug-likeness (QED) is 0.714. The summed E-state index contributed by atoms with van der Waals surface area (Å²) in [6.07, 6.45) is 1.20. The molecule has 0 radical (unpaired) electrons. The van der Waals surface area contributed by atoms with Crippen molar-refractivity contribution < 1.29 is 13.2 Å². The Bertz CT molecular complexity index is 390. The Morgan fingerprint density at radius 3 is 2.35 bits per heavy atom. The van der Waals surface area contributed by atoms with Crippen LogP contribution in [0.4, 0.5) is 0 Å². The van der Waals surface area contributed by atoms with Crippen LogP contribution in [0.1, 0.15) is 20.8 Å². The van der Waals surface area contributed by atoms with Gasteiger partial charge in [0.15, 0.2) is 0 Å². The SMILES string of the molecule is CCN1CC(=O)N(CCS(C)(=O)=O)C(C)(C)C1. The topological polar surface area (TPSA) is 57.7 Å². The summed E-state index contributed by atoms with van der Waals surface area (Å²) in [5.41, 5.74) is -0.296. The van der Waals surface area contributed by atoms with E-state index in [1.54, 1.807) is 4.90 Å². The molecule has 0 saturated carbocycles. The summed E-state index contributed by atoms with van der Waals surface area (Å²) in [5, 5.41) is 0. The highest BCUT2D eigenvalue weighted by molar-refractivity contribution is 7.90. The number of carbonyl (C=O) groups excluding carboxylic acids is 1. The van der Waals surface area contributed by atoms with Crippen LogP contribution in [0.25, 0.3) is 0 Å². The molecule has 1 saturated heterocycles. The van der Waals surface area contributed by atoms with E-state index in [1.807, 2.05) is 20.8 Å². The molecule has 1 aliphatic rings. The standard InChI is InChI=1S/C11H22N2O3S/c1-5-12-8-10(14)13(11(2,3)9-12)6-7-17(4,15)16/h5-9H2,1-4H3. The summed E-state index contributed by atoms with van der Waals surface area (Å²) in [4.78, 5) is 15.8. The fraction of sp³-hybridized carbons (Fsp3) is 0.909. The maximum absolute atomic E-state index is 12.0. The van der Waals surface area contributed by atoms with Gasteiger partial charge in [-0.05, 0) is 20.4 Å². The van der Waals surface area contributed by atoms with Gasteiger partial charge in [-0.25, -0.2) is 8.42 Å². The number of hydrogen-bond donors (Lipinski definition) is 0. The molecule has 1 rings (SSSR count). The van der Waals surface area contributed by atoms with E-state index in [0.29, 0.717) is 13.1 Å². The Hall–Kier alpha value is -0.620. The van der Waals surface area contributed by atoms with Gasteiger partial charge in [-0.1, -0.05) is 6.92 Å². The lowest BCUT2D eigenvalue weighted by atomic mass is 9.98. The van der Waals surface area contributed by atoms with Crippen LogP contribution in [-0.2, 0) is 14.6 Å². The number of piperazine rings is 1. The molecule has 100 valence electrons. The zero-order valence-corrected chi connectivity index (χ0v) is 11.9. The fourth-order valence-corrected chi connectivity index (χ4v) is 2.72. The van der Waals surface area contributed by atoms with E-state index >= 15 is 0 Å². The highest BCUT2D eigenvalue weighted by atomic mass is 32.2. The van der Waals surface area contributed by atoms with Crippen molar-refractivity contribution in [2.45, 2.75) is 26.3 Å². The summed E-state index contributed by atoms with van der Waals surface area (Å²) in [6, 6.07) is 0. The number of nitrogens with zero attached hydrogens (tertiary/aromatic N) is 2. The van der Waals surface area contributed by atoms with Crippen molar-refractivity contribution in [3.8, 4) is 0 Å². The minimum atomic E-state index is -3.02. The first-order chi connectivity index (χ1) is 7.65. The van der Waals surface area contributed by atoms with Gasteiger partial charge < -0.3 is 4.90 Å². The van der Waals surface area contributed by atoms with Gasteiger partial charge in [-0.2, -0.15) is 0 Å². The van der Waals surface area contributed by atoms with Crippen molar-refractivity contribution in [3.63, 3.8) is 0 Å². The normalized spacial score (nSPS) is 21.9. The van der Waals surface area contributed by atoms with Crippen LogP contribution in [0, 0.1) is 0 Å². The average molecular weight is 262 g/mol. The molecule has 0 aliphatic carbocycles. The first kappa shape index (κ1) is 14.4. The van der Waals surface area contributed by atoms with Crippen molar-refractivity contribution >= 4 is 15.7 Å². The minimum Gasteiger partial charge on any atom is -0.334 e. The molecular weight excluding hydrogens is 240 g/mol. The molecule has 0 aromatic heterocycles. The Balaban J connectivity index is 2.74. The van der Waals surface area contributed by atoms with Crippen LogP contribution in [0.15, 0.2) is 0 Å². The maximum Gasteiger partial charge on any atom is 0.237 e. The minimum absolute atomic E-state index is 0.0201. The van der Waals surface area contributed by atoms with Crippen molar-refractivity contribution in [2.24, 2.45) is 0 Å². The van der Waals surface area contributed by atoms with Crippen molar-refractivity contribution in [2.75, 3.05) is 38.2 Å². The largest absolute Gasteiger partial charge is 0.334 e. The molecule has 5 nitrogen and oxygen atoms in total. The molecular formula is C11H22N2O3S. The number of rotatable bonds is 4. The van der Waals surface area contributed by atoms with E-state index in [1.165, 1.54) is 6.26 Å². The first-order valence-electron chi connectivity index (χ1n) is 5.86. The number of carbonyl (C=O) groups is 1. The molecule has 0 bridgehead atoms. The van der Waals surface area contributed by atoms with E-state index < -0.39 is 9.84 Å². The highest BCUT2D eigenvalue weighted by Gasteiger charge is 2.37. The number of likely N-dealkylation sites (N-methyl/N-ethyl adjacent to an activating group) is 1. The molecule has 0 N–H and O–H groups in total. The highest BCUT2D eigenvalue weighted by Crippen LogP contribution is 2.21. The van der Waals surface area contributed by atoms with E-state index in [-0.39, 0.29) is 17.2 Å². The number of hydrogen-bond acceptors (Lipinski definition) is 4. The molecule has 0 spiro atoms. The lowest BCUT2D eigenvalue weighted by Gasteiger charge is -2.46. The maximum atomic E-state index is 12.0. The second kappa shape index (κ2) is 4.94. The summed E-state index contributed by atoms with van der Waals surface area (Å²) in [5.74, 6) is 0.0561. The molecule has 1 aliphatic heterocycles. The predicted octanol–water partition coefficient (Wildman–Crippen LogP) is -0.0263. The Labute approximate surface area is 104 Å². The third kappa shape index (κ3) is 3.96. The van der Waals surface area contributed by atoms with Crippen LogP contribution in [0.5, 0.6) is 0 Å². The molecule has 0 atom stereocenters. The zero-order valence-electron chi connectivity index (χ0n) is 11.1. The molecule has 1 heterocycles. The second-order valence-electron chi connectivity index (χ2n) is 5.29. The van der Waals surface area contributed by atoms with Gasteiger partial charge in [0.25, 0.3) is 0 Å². The van der Waals surface area contributed by atoms with Crippen LogP contribution in [0.2, 0.25) is 0 Å². The summed E-state index contributed by atoms with van der Waals surface area (Å²) in [7, 11) is -3.02. The lowest BCUT2D eigenvalue weighted by Crippen LogP contribution is -2.62. The molecule has 1 amide bonds. The van der Waals surface area contributed by atoms with Crippen molar-refractivity contribution in [1.29, 1.82) is 0 Å². The van der Waals surface area contributed by atoms with Crippen LogP contribution in [-0.4, -0.2) is 67.9 Å². The Morgan fingerprint density at radius 2 is 1.94 bits per heavy atom. The summed E-state index contributed by atoms with van der Waals surface area (Å²) in [6.45, 7) is 8.31. The Kier molecular flexibility index (Phi) is 4.19. The third-order valence-corrected chi connectivity index (χ3v) is 4.06. The van der Waals surface area contributed by atoms with E-state index in [9.17, 15) is 13.2 Å². The van der Waals surface area contributed by atoms with E-state index in [4.69, 9.17) is 0 Å². The molecule has 6 heteroatoms.